The van der Waals surface area contributed by atoms with Gasteiger partial charge >= 0.3 is 0 Å². The summed E-state index contributed by atoms with van der Waals surface area (Å²) in [7, 11) is 0. The fourth-order valence-corrected chi connectivity index (χ4v) is 3.88. The van der Waals surface area contributed by atoms with Crippen molar-refractivity contribution in [3.05, 3.63) is 55.3 Å². The molecule has 1 fully saturated rings. The second kappa shape index (κ2) is 8.09. The minimum atomic E-state index is -1.14. The predicted molar refractivity (Wildman–Crippen MR) is 117 cm³/mol. The van der Waals surface area contributed by atoms with Gasteiger partial charge in [-0.3, -0.25) is 0 Å². The monoisotopic (exact) mass is 393 g/mol. The van der Waals surface area contributed by atoms with Gasteiger partial charge in [-0.25, -0.2) is 0 Å². The predicted octanol–water partition coefficient (Wildman–Crippen LogP) is 4.86. The van der Waals surface area contributed by atoms with E-state index >= 15 is 0 Å². The second-order valence-electron chi connectivity index (χ2n) is 7.21. The molecule has 0 saturated heterocycles. The first-order valence-electron chi connectivity index (χ1n) is 10.00. The largest absolute Gasteiger partial charge is 0.494 e. The Bertz CT molecular complexity index is 1010. The maximum Gasteiger partial charge on any atom is 0.278 e. The number of anilines is 2. The van der Waals surface area contributed by atoms with Crippen LogP contribution in [-0.4, -0.2) is 22.7 Å². The van der Waals surface area contributed by atoms with Gasteiger partial charge in [0.05, 0.1) is 29.8 Å². The summed E-state index contributed by atoms with van der Waals surface area (Å²) in [6.45, 7) is 6.06. The third-order valence-electron chi connectivity index (χ3n) is 5.44. The maximum atomic E-state index is 9.71. The number of nitrogen functional groups attached to an aromatic ring is 1. The summed E-state index contributed by atoms with van der Waals surface area (Å²) >= 11 is 0. The molecule has 1 unspecified atom stereocenters. The van der Waals surface area contributed by atoms with Crippen molar-refractivity contribution in [2.24, 2.45) is 0 Å². The second-order valence-corrected chi connectivity index (χ2v) is 7.21. The minimum absolute atomic E-state index is 0.447. The van der Waals surface area contributed by atoms with Crippen molar-refractivity contribution < 1.29 is 14.6 Å². The quantitative estimate of drug-likeness (QED) is 0.376. The third kappa shape index (κ3) is 3.63. The van der Waals surface area contributed by atoms with Gasteiger partial charge in [-0.2, -0.15) is 0 Å². The van der Waals surface area contributed by atoms with E-state index in [-0.39, 0.29) is 0 Å². The highest BCUT2D eigenvalue weighted by molar-refractivity contribution is 6.01. The molecule has 1 aromatic heterocycles. The third-order valence-corrected chi connectivity index (χ3v) is 5.44. The number of nitrogens with zero attached hydrogens (tertiary/aromatic N) is 1. The summed E-state index contributed by atoms with van der Waals surface area (Å²) in [5.74, 6) is 0.861. The Labute approximate surface area is 170 Å². The van der Waals surface area contributed by atoms with Crippen LogP contribution in [0.5, 0.6) is 5.75 Å². The van der Waals surface area contributed by atoms with Gasteiger partial charge in [0, 0.05) is 28.7 Å². The average molecular weight is 393 g/mol. The van der Waals surface area contributed by atoms with E-state index in [9.17, 15) is 5.11 Å². The van der Waals surface area contributed by atoms with Crippen LogP contribution in [0.2, 0.25) is 0 Å². The lowest BCUT2D eigenvalue weighted by Crippen LogP contribution is -2.19. The Morgan fingerprint density at radius 3 is 2.66 bits per heavy atom. The van der Waals surface area contributed by atoms with E-state index in [4.69, 9.17) is 15.2 Å². The Hall–Kier alpha value is -3.12. The number of hydrogen-bond acceptors (Lipinski definition) is 5. The Kier molecular flexibility index (Phi) is 5.36. The van der Waals surface area contributed by atoms with E-state index < -0.39 is 6.41 Å². The summed E-state index contributed by atoms with van der Waals surface area (Å²) in [5.41, 5.74) is 11.3. The number of rotatable bonds is 8. The molecule has 29 heavy (non-hydrogen) atoms. The molecule has 1 aliphatic carbocycles. The summed E-state index contributed by atoms with van der Waals surface area (Å²) in [5, 5.41) is 13.6. The molecule has 3 aromatic rings. The number of hydrogen-bond donors (Lipinski definition) is 3. The molecule has 2 aromatic carbocycles. The van der Waals surface area contributed by atoms with Crippen molar-refractivity contribution >= 4 is 22.3 Å². The highest BCUT2D eigenvalue weighted by Gasteiger charge is 2.27. The zero-order chi connectivity index (χ0) is 20.4. The van der Waals surface area contributed by atoms with Gasteiger partial charge in [0.15, 0.2) is 0 Å². The Morgan fingerprint density at radius 1 is 1.28 bits per heavy atom. The molecular weight excluding hydrogens is 366 g/mol. The molecule has 0 spiro atoms. The highest BCUT2D eigenvalue weighted by Crippen LogP contribution is 2.44. The Morgan fingerprint density at radius 2 is 2.03 bits per heavy atom. The van der Waals surface area contributed by atoms with Crippen molar-refractivity contribution in [1.82, 2.24) is 4.57 Å². The lowest BCUT2D eigenvalue weighted by Gasteiger charge is -2.30. The van der Waals surface area contributed by atoms with E-state index in [1.54, 1.807) is 0 Å². The molecule has 4 rings (SSSR count). The first kappa shape index (κ1) is 19.2. The molecule has 6 heteroatoms. The normalized spacial score (nSPS) is 15.0. The topological polar surface area (TPSA) is 81.7 Å². The molecule has 1 atom stereocenters. The van der Waals surface area contributed by atoms with E-state index in [0.717, 1.165) is 52.1 Å². The lowest BCUT2D eigenvalue weighted by molar-refractivity contribution is -0.0267. The van der Waals surface area contributed by atoms with Crippen LogP contribution < -0.4 is 15.8 Å². The smallest absolute Gasteiger partial charge is 0.278 e. The van der Waals surface area contributed by atoms with Gasteiger partial charge in [0.2, 0.25) is 0 Å². The summed E-state index contributed by atoms with van der Waals surface area (Å²) < 4.78 is 13.0. The number of aromatic nitrogens is 1. The molecule has 1 saturated carbocycles. The fraction of sp³-hybridized carbons (Fsp3) is 0.304. The number of benzene rings is 2. The van der Waals surface area contributed by atoms with Crippen molar-refractivity contribution in [3.8, 4) is 17.0 Å². The summed E-state index contributed by atoms with van der Waals surface area (Å²) in [6.07, 6.45) is 3.60. The van der Waals surface area contributed by atoms with Crippen molar-refractivity contribution in [2.45, 2.75) is 38.6 Å². The number of ether oxygens (including phenoxy) is 2. The van der Waals surface area contributed by atoms with Gasteiger partial charge in [0.1, 0.15) is 5.75 Å². The molecule has 6 nitrogen and oxygen atoms in total. The number of aliphatic hydroxyl groups excluding tert-OH is 1. The first-order valence-corrected chi connectivity index (χ1v) is 10.00. The van der Waals surface area contributed by atoms with Crippen LogP contribution in [0.15, 0.2) is 55.3 Å². The van der Waals surface area contributed by atoms with Crippen LogP contribution in [0.1, 0.15) is 32.2 Å². The number of fused-ring (bicyclic) bond motifs is 1. The zero-order valence-electron chi connectivity index (χ0n) is 16.6. The van der Waals surface area contributed by atoms with Crippen molar-refractivity contribution in [3.63, 3.8) is 0 Å². The van der Waals surface area contributed by atoms with Crippen LogP contribution in [0.3, 0.4) is 0 Å². The fourth-order valence-electron chi connectivity index (χ4n) is 3.88. The van der Waals surface area contributed by atoms with Gasteiger partial charge in [-0.1, -0.05) is 18.7 Å². The Balaban J connectivity index is 1.76. The molecule has 4 N–H and O–H groups in total. The highest BCUT2D eigenvalue weighted by atomic mass is 16.6. The van der Waals surface area contributed by atoms with E-state index in [0.29, 0.717) is 12.6 Å². The molecule has 0 aliphatic heterocycles. The summed E-state index contributed by atoms with van der Waals surface area (Å²) in [6, 6.07) is 14.4. The maximum absolute atomic E-state index is 9.71. The standard InChI is InChI=1S/C23H27N3O3/c1-3-28-18-12-13-19-20(14-18)26(17-6-5-7-17)22(21(19)24)15-8-10-16(11-9-15)25-23(27)29-4-2/h4,8-14,17,23,25,27H,2-3,5-7,24H2,1H3. The lowest BCUT2D eigenvalue weighted by atomic mass is 9.92. The van der Waals surface area contributed by atoms with Crippen LogP contribution in [0, 0.1) is 0 Å². The van der Waals surface area contributed by atoms with Crippen molar-refractivity contribution in [1.29, 1.82) is 0 Å². The molecule has 0 amide bonds. The van der Waals surface area contributed by atoms with Gasteiger partial charge < -0.3 is 30.2 Å². The molecule has 0 bridgehead atoms. The SMILES string of the molecule is C=COC(O)Nc1ccc(-c2c(N)c3ccc(OCC)cc3n2C2CCC2)cc1. The van der Waals surface area contributed by atoms with E-state index in [1.807, 2.05) is 43.3 Å². The molecule has 152 valence electrons. The van der Waals surface area contributed by atoms with Crippen LogP contribution in [0.25, 0.3) is 22.2 Å². The molecule has 0 radical (unpaired) electrons. The molecular formula is C23H27N3O3. The zero-order valence-corrected chi connectivity index (χ0v) is 16.6. The molecule has 1 heterocycles. The first-order chi connectivity index (χ1) is 14.1. The van der Waals surface area contributed by atoms with Crippen LogP contribution in [0.4, 0.5) is 11.4 Å². The van der Waals surface area contributed by atoms with E-state index in [2.05, 4.69) is 22.5 Å². The van der Waals surface area contributed by atoms with Crippen molar-refractivity contribution in [2.75, 3.05) is 17.7 Å². The number of aliphatic hydroxyl groups is 1. The van der Waals surface area contributed by atoms with Gasteiger partial charge in [-0.15, -0.1) is 0 Å². The summed E-state index contributed by atoms with van der Waals surface area (Å²) in [4.78, 5) is 0. The van der Waals surface area contributed by atoms with Crippen LogP contribution >= 0.6 is 0 Å². The number of nitrogens with one attached hydrogen (secondary N) is 1. The van der Waals surface area contributed by atoms with Gasteiger partial charge in [-0.05, 0) is 50.5 Å². The molecule has 1 aliphatic rings. The minimum Gasteiger partial charge on any atom is -0.494 e. The van der Waals surface area contributed by atoms with Crippen LogP contribution in [-0.2, 0) is 4.74 Å². The van der Waals surface area contributed by atoms with Gasteiger partial charge in [0.25, 0.3) is 6.41 Å². The average Bonchev–Trinajstić information content (AvgIpc) is 2.94. The van der Waals surface area contributed by atoms with E-state index in [1.165, 1.54) is 12.7 Å². The number of nitrogens with two attached hydrogens (primary N) is 1.